The molecule has 542 valence electrons. The third kappa shape index (κ3) is 43.4. The van der Waals surface area contributed by atoms with Crippen LogP contribution in [0, 0.1) is 90.3 Å². The molecule has 9 aromatic rings. The van der Waals surface area contributed by atoms with Gasteiger partial charge in [-0.15, -0.1) is 10.1 Å². The SMILES string of the molecule is CC(=NC#N)Oc1ccccc1.CC(C)Oc1ccc(C(=O)Cl)cc1.N#CCBr.N#CCOc1ccc(N=C(NC#N)Oc2ccccc2)cc1.N#CCOc1ccc(Nc2n[nH]c(N)n2)cc1.NN.O.O=[N+]([O-])c1ccc(O)cc1.[C-]#[N+]COc1ccc(N)cc1.[C-]#[N+]COc1ccc([N+](=O)[O-])cc1. The average molecular weight is 1520 g/mol. The highest BCUT2D eigenvalue weighted by Crippen LogP contribution is 2.22. The molecule has 9 rings (SSSR count). The Bertz CT molecular complexity index is 4330. The summed E-state index contributed by atoms with van der Waals surface area (Å²) < 4.78 is 36.3. The number of hydrazine groups is 1. The van der Waals surface area contributed by atoms with Crippen LogP contribution in [0.3, 0.4) is 0 Å². The van der Waals surface area contributed by atoms with Gasteiger partial charge < -0.3 is 60.5 Å². The maximum Gasteiger partial charge on any atom is 0.357 e. The molecule has 0 saturated heterocycles. The van der Waals surface area contributed by atoms with Gasteiger partial charge in [-0.1, -0.05) is 52.3 Å². The highest BCUT2D eigenvalue weighted by atomic mass is 79.9. The number of nitrogens with zero attached hydrogens (tertiary/aromatic N) is 13. The van der Waals surface area contributed by atoms with Crippen molar-refractivity contribution in [2.45, 2.75) is 26.9 Å². The number of amidine groups is 1. The molecule has 0 unspecified atom stereocenters. The number of halogens is 2. The highest BCUT2D eigenvalue weighted by molar-refractivity contribution is 9.09. The number of nitrogen functional groups attached to an aromatic ring is 2. The first kappa shape index (κ1) is 90.4. The third-order valence-corrected chi connectivity index (χ3v) is 11.2. The van der Waals surface area contributed by atoms with Crippen LogP contribution in [-0.2, 0) is 0 Å². The largest absolute Gasteiger partial charge is 0.508 e. The smallest absolute Gasteiger partial charge is 0.357 e. The number of ether oxygens (including phenoxy) is 7. The average Bonchev–Trinajstić information content (AvgIpc) is 1.87. The van der Waals surface area contributed by atoms with Crippen LogP contribution in [-0.4, -0.2) is 90.9 Å². The van der Waals surface area contributed by atoms with Gasteiger partial charge in [0.25, 0.3) is 16.6 Å². The van der Waals surface area contributed by atoms with E-state index in [-0.39, 0.29) is 67.3 Å². The molecular formula is C69H68BrClN20O14. The van der Waals surface area contributed by atoms with Crippen molar-refractivity contribution in [2.75, 3.05) is 48.8 Å². The minimum absolute atomic E-state index is 0. The normalized spacial score (nSPS) is 9.27. The van der Waals surface area contributed by atoms with Crippen LogP contribution < -0.4 is 66.9 Å². The number of nitriles is 5. The molecule has 0 atom stereocenters. The van der Waals surface area contributed by atoms with E-state index in [2.05, 4.69) is 73.1 Å². The lowest BCUT2D eigenvalue weighted by atomic mass is 10.2. The van der Waals surface area contributed by atoms with E-state index in [1.807, 2.05) is 68.5 Å². The molecule has 1 heterocycles. The number of hydrogen-bond acceptors (Lipinski definition) is 27. The molecule has 1 aromatic heterocycles. The van der Waals surface area contributed by atoms with Crippen LogP contribution in [0.2, 0.25) is 0 Å². The monoisotopic (exact) mass is 1510 g/mol. The number of aromatic nitrogens is 3. The Morgan fingerprint density at radius 1 is 0.648 bits per heavy atom. The lowest BCUT2D eigenvalue weighted by molar-refractivity contribution is -0.385. The second-order valence-electron chi connectivity index (χ2n) is 18.5. The summed E-state index contributed by atoms with van der Waals surface area (Å²) in [6.45, 7) is 18.5. The number of nitrogens with two attached hydrogens (primary N) is 4. The zero-order valence-electron chi connectivity index (χ0n) is 56.0. The molecule has 0 bridgehead atoms. The van der Waals surface area contributed by atoms with E-state index in [9.17, 15) is 25.0 Å². The number of phenolic OH excluding ortho intramolecular Hbond substituents is 1. The molecule has 0 radical (unpaired) electrons. The number of carbonyl (C=O) groups is 1. The Hall–Kier alpha value is -14.6. The first-order chi connectivity index (χ1) is 50.2. The number of H-pyrrole nitrogens is 1. The Balaban J connectivity index is 0.00000120. The topological polar surface area (TPSA) is 542 Å². The highest BCUT2D eigenvalue weighted by Gasteiger charge is 2.08. The number of hydrogen-bond donors (Lipinski definition) is 8. The number of non-ortho nitro benzene ring substituents is 2. The number of nitrogens with one attached hydrogen (secondary N) is 3. The quantitative estimate of drug-likeness (QED) is 0.00338. The molecule has 36 heteroatoms. The maximum atomic E-state index is 10.7. The minimum atomic E-state index is -0.514. The summed E-state index contributed by atoms with van der Waals surface area (Å²) in [5, 5.41) is 82.0. The molecule has 0 aliphatic rings. The summed E-state index contributed by atoms with van der Waals surface area (Å²) in [6, 6.07) is 62.1. The number of nitro groups is 2. The number of aromatic amines is 1. The number of aliphatic imine (C=N–C) groups is 2. The van der Waals surface area contributed by atoms with Gasteiger partial charge in [-0.2, -0.15) is 36.3 Å². The molecule has 0 aliphatic heterocycles. The first-order valence-corrected chi connectivity index (χ1v) is 30.7. The zero-order valence-corrected chi connectivity index (χ0v) is 58.3. The summed E-state index contributed by atoms with van der Waals surface area (Å²) in [6.07, 6.45) is 3.57. The predicted octanol–water partition coefficient (Wildman–Crippen LogP) is 12.2. The predicted molar refractivity (Wildman–Crippen MR) is 395 cm³/mol. The molecule has 0 amide bonds. The van der Waals surface area contributed by atoms with Crippen LogP contribution in [0.4, 0.5) is 40.3 Å². The molecule has 0 aliphatic carbocycles. The molecule has 34 nitrogen and oxygen atoms in total. The Morgan fingerprint density at radius 3 is 1.48 bits per heavy atom. The van der Waals surface area contributed by atoms with Gasteiger partial charge in [0.1, 0.15) is 58.1 Å². The van der Waals surface area contributed by atoms with E-state index in [1.54, 1.807) is 141 Å². The Labute approximate surface area is 616 Å². The van der Waals surface area contributed by atoms with E-state index < -0.39 is 15.1 Å². The molecule has 0 saturated carbocycles. The van der Waals surface area contributed by atoms with Crippen molar-refractivity contribution in [2.24, 2.45) is 21.7 Å². The number of para-hydroxylation sites is 2. The van der Waals surface area contributed by atoms with Gasteiger partial charge in [-0.25, -0.2) is 23.6 Å². The van der Waals surface area contributed by atoms with Gasteiger partial charge in [0.15, 0.2) is 19.4 Å². The van der Waals surface area contributed by atoms with Crippen LogP contribution in [0.1, 0.15) is 31.1 Å². The van der Waals surface area contributed by atoms with Gasteiger partial charge in [0.2, 0.25) is 24.0 Å². The fraction of sp³-hybridized carbons (Fsp3) is 0.130. The summed E-state index contributed by atoms with van der Waals surface area (Å²) in [5.41, 5.74) is 13.4. The van der Waals surface area contributed by atoms with Crippen LogP contribution >= 0.6 is 27.5 Å². The molecular weight excluding hydrogens is 1450 g/mol. The molecule has 14 N–H and O–H groups in total. The minimum Gasteiger partial charge on any atom is -0.508 e. The van der Waals surface area contributed by atoms with Crippen molar-refractivity contribution in [1.29, 1.82) is 26.3 Å². The van der Waals surface area contributed by atoms with E-state index in [4.69, 9.17) is 101 Å². The van der Waals surface area contributed by atoms with Gasteiger partial charge in [-0.3, -0.25) is 46.4 Å². The molecule has 0 fully saturated rings. The lowest BCUT2D eigenvalue weighted by Gasteiger charge is -2.08. The van der Waals surface area contributed by atoms with Crippen molar-refractivity contribution in [1.82, 2.24) is 20.5 Å². The van der Waals surface area contributed by atoms with Gasteiger partial charge in [0.05, 0.1) is 33.0 Å². The van der Waals surface area contributed by atoms with Crippen LogP contribution in [0.25, 0.3) is 9.69 Å². The summed E-state index contributed by atoms with van der Waals surface area (Å²) in [5.74, 6) is 13.4. The molecule has 0 spiro atoms. The maximum absolute atomic E-state index is 10.7. The molecule has 8 aromatic carbocycles. The first-order valence-electron chi connectivity index (χ1n) is 29.2. The number of carbonyl (C=O) groups excluding carboxylic acids is 1. The van der Waals surface area contributed by atoms with Gasteiger partial charge in [-0.05, 0) is 171 Å². The standard InChI is InChI=1S/C16H12N4O2.C10H11ClO2.C10H10N6O.C9H8N2O.C8H6N2O3.C8H8N2O.C6H5NO3.C2H2BrN.H4N2.H2O/c17-10-11-21-14-8-6-13(7-9-14)20-16(19-12-18)22-15-4-2-1-3-5-15;1-7(2)13-9-5-3-8(4-6-9)10(11)12;11-5-6-17-8-3-1-7(2-4-8)13-10-14-9(12)15-16-10;1-8(11-7-10)12-9-5-3-2-4-6-9;1-9-6-13-8-4-2-7(3-5-8)10(11)12;1-10-6-11-8-4-2-7(9)3-5-8;8-6-3-1-5(2-4-6)7(9)10;3-1-2-4;1-2;/h1-9H,11H2,(H,19,20);3-7H,1-2H3;1-4H,6H2,(H4,12,13,14,15,16);2-6H,1H3;2-5H,6H2;2-5H,6,9H2;1-4,8H;1H2;1-2H2;1H2. The number of nitro benzene ring substituents is 2. The third-order valence-electron chi connectivity index (χ3n) is 10.7. The number of phenols is 1. The lowest BCUT2D eigenvalue weighted by Crippen LogP contribution is -2.23. The fourth-order valence-electron chi connectivity index (χ4n) is 6.49. The Morgan fingerprint density at radius 2 is 1.08 bits per heavy atom. The van der Waals surface area contributed by atoms with E-state index in [0.717, 1.165) is 11.4 Å². The fourth-order valence-corrected chi connectivity index (χ4v) is 6.61. The van der Waals surface area contributed by atoms with Crippen molar-refractivity contribution in [3.05, 3.63) is 255 Å². The van der Waals surface area contributed by atoms with Gasteiger partial charge >= 0.3 is 19.5 Å². The van der Waals surface area contributed by atoms with Crippen molar-refractivity contribution < 1.29 is 58.4 Å². The number of rotatable bonds is 18. The summed E-state index contributed by atoms with van der Waals surface area (Å²) >= 11 is 8.17. The van der Waals surface area contributed by atoms with E-state index in [0.29, 0.717) is 68.6 Å². The number of aromatic hydroxyl groups is 1. The zero-order chi connectivity index (χ0) is 77.1. The summed E-state index contributed by atoms with van der Waals surface area (Å²) in [7, 11) is 0. The van der Waals surface area contributed by atoms with E-state index in [1.165, 1.54) is 48.5 Å². The number of anilines is 4. The summed E-state index contributed by atoms with van der Waals surface area (Å²) in [4.78, 5) is 47.5. The molecule has 105 heavy (non-hydrogen) atoms. The number of alkyl halides is 1. The van der Waals surface area contributed by atoms with Crippen LogP contribution in [0.15, 0.2) is 216 Å². The van der Waals surface area contributed by atoms with Crippen molar-refractivity contribution in [3.8, 4) is 76.6 Å². The van der Waals surface area contributed by atoms with Crippen molar-refractivity contribution >= 4 is 85.0 Å². The number of benzene rings is 8. The Kier molecular flexibility index (Phi) is 48.5. The van der Waals surface area contributed by atoms with E-state index >= 15 is 0 Å². The van der Waals surface area contributed by atoms with Crippen LogP contribution in [0.5, 0.6) is 46.0 Å². The second kappa shape index (κ2) is 56.3. The second-order valence-corrected chi connectivity index (χ2v) is 19.4. The van der Waals surface area contributed by atoms with Crippen molar-refractivity contribution in [3.63, 3.8) is 0 Å². The van der Waals surface area contributed by atoms with Gasteiger partial charge in [0, 0.05) is 48.1 Å².